The number of fused-ring (bicyclic) bond motifs is 1. The summed E-state index contributed by atoms with van der Waals surface area (Å²) in [6, 6.07) is 18.9. The quantitative estimate of drug-likeness (QED) is 0.665. The van der Waals surface area contributed by atoms with Crippen molar-refractivity contribution in [1.29, 1.82) is 0 Å². The van der Waals surface area contributed by atoms with Gasteiger partial charge in [-0.2, -0.15) is 0 Å². The number of hydrogen-bond acceptors (Lipinski definition) is 1. The van der Waals surface area contributed by atoms with Crippen molar-refractivity contribution in [3.05, 3.63) is 70.7 Å². The minimum Gasteiger partial charge on any atom is -0.324 e. The Morgan fingerprint density at radius 2 is 1.67 bits per heavy atom. The molecule has 3 aromatic carbocycles. The summed E-state index contributed by atoms with van der Waals surface area (Å²) in [7, 11) is 0. The Bertz CT molecular complexity index is 806. The van der Waals surface area contributed by atoms with Crippen LogP contribution in [0.5, 0.6) is 0 Å². The fourth-order valence-electron chi connectivity index (χ4n) is 2.77. The van der Waals surface area contributed by atoms with Gasteiger partial charge >= 0.3 is 0 Å². The fourth-order valence-corrected chi connectivity index (χ4v) is 3.12. The van der Waals surface area contributed by atoms with Gasteiger partial charge in [-0.25, -0.2) is 0 Å². The molecule has 1 nitrogen and oxygen atoms in total. The molecule has 3 rings (SSSR count). The highest BCUT2D eigenvalue weighted by Gasteiger charge is 2.09. The van der Waals surface area contributed by atoms with Crippen molar-refractivity contribution in [2.45, 2.75) is 19.9 Å². The third-order valence-electron chi connectivity index (χ3n) is 3.94. The fraction of sp³-hybridized carbons (Fsp3) is 0.158. The van der Waals surface area contributed by atoms with E-state index in [1.54, 1.807) is 0 Å². The third-order valence-corrected chi connectivity index (χ3v) is 4.27. The minimum atomic E-state index is -0.0543. The summed E-state index contributed by atoms with van der Waals surface area (Å²) in [6.07, 6.45) is 0. The lowest BCUT2D eigenvalue weighted by atomic mass is 9.94. The van der Waals surface area contributed by atoms with Crippen LogP contribution in [0, 0.1) is 6.92 Å². The van der Waals surface area contributed by atoms with Crippen molar-refractivity contribution in [3.63, 3.8) is 0 Å². The molecule has 0 saturated carbocycles. The predicted molar refractivity (Wildman–Crippen MR) is 91.7 cm³/mol. The zero-order chi connectivity index (χ0) is 15.0. The number of rotatable bonds is 2. The van der Waals surface area contributed by atoms with E-state index >= 15 is 0 Å². The van der Waals surface area contributed by atoms with Crippen molar-refractivity contribution in [1.82, 2.24) is 0 Å². The molecule has 106 valence electrons. The molecule has 2 N–H and O–H groups in total. The first kappa shape index (κ1) is 14.1. The molecule has 0 radical (unpaired) electrons. The van der Waals surface area contributed by atoms with Crippen LogP contribution < -0.4 is 5.73 Å². The van der Waals surface area contributed by atoms with E-state index in [-0.39, 0.29) is 6.04 Å². The van der Waals surface area contributed by atoms with Crippen LogP contribution in [0.1, 0.15) is 24.1 Å². The number of halogens is 1. The summed E-state index contributed by atoms with van der Waals surface area (Å²) >= 11 is 6.38. The first-order valence-corrected chi connectivity index (χ1v) is 7.49. The average molecular weight is 296 g/mol. The van der Waals surface area contributed by atoms with E-state index in [1.807, 2.05) is 19.1 Å². The standard InChI is InChI=1S/C19H18ClN/c1-12-7-9-17(18-6-4-3-5-15(12)18)14-8-10-16(13(2)21)19(20)11-14/h3-11,13H,21H2,1-2H3. The molecule has 0 spiro atoms. The second-order valence-electron chi connectivity index (χ2n) is 5.50. The molecule has 0 heterocycles. The van der Waals surface area contributed by atoms with E-state index in [1.165, 1.54) is 21.9 Å². The van der Waals surface area contributed by atoms with Crippen molar-refractivity contribution >= 4 is 22.4 Å². The van der Waals surface area contributed by atoms with Gasteiger partial charge in [-0.05, 0) is 52.9 Å². The molecular weight excluding hydrogens is 278 g/mol. The molecule has 1 atom stereocenters. The maximum absolute atomic E-state index is 6.38. The Morgan fingerprint density at radius 1 is 0.952 bits per heavy atom. The van der Waals surface area contributed by atoms with E-state index in [2.05, 4.69) is 49.4 Å². The van der Waals surface area contributed by atoms with E-state index in [0.717, 1.165) is 16.1 Å². The monoisotopic (exact) mass is 295 g/mol. The van der Waals surface area contributed by atoms with Gasteiger partial charge in [-0.1, -0.05) is 60.1 Å². The van der Waals surface area contributed by atoms with Crippen LogP contribution in [0.4, 0.5) is 0 Å². The molecule has 2 heteroatoms. The molecule has 0 aliphatic carbocycles. The first-order chi connectivity index (χ1) is 10.1. The lowest BCUT2D eigenvalue weighted by Crippen LogP contribution is -2.05. The Kier molecular flexibility index (Phi) is 3.71. The molecule has 0 bridgehead atoms. The average Bonchev–Trinajstić information content (AvgIpc) is 2.47. The van der Waals surface area contributed by atoms with Crippen LogP contribution >= 0.6 is 11.6 Å². The van der Waals surface area contributed by atoms with Gasteiger partial charge in [0.2, 0.25) is 0 Å². The zero-order valence-electron chi connectivity index (χ0n) is 12.2. The largest absolute Gasteiger partial charge is 0.324 e. The summed E-state index contributed by atoms with van der Waals surface area (Å²) in [4.78, 5) is 0. The number of aryl methyl sites for hydroxylation is 1. The normalized spacial score (nSPS) is 12.6. The Labute approximate surface area is 130 Å². The second kappa shape index (κ2) is 5.51. The summed E-state index contributed by atoms with van der Waals surface area (Å²) in [5, 5.41) is 3.26. The zero-order valence-corrected chi connectivity index (χ0v) is 13.0. The number of hydrogen-bond donors (Lipinski definition) is 1. The van der Waals surface area contributed by atoms with Crippen molar-refractivity contribution < 1.29 is 0 Å². The number of benzene rings is 3. The van der Waals surface area contributed by atoms with Gasteiger partial charge < -0.3 is 5.73 Å². The van der Waals surface area contributed by atoms with Gasteiger partial charge in [0, 0.05) is 11.1 Å². The topological polar surface area (TPSA) is 26.0 Å². The van der Waals surface area contributed by atoms with Crippen LogP contribution in [-0.4, -0.2) is 0 Å². The van der Waals surface area contributed by atoms with Gasteiger partial charge in [0.05, 0.1) is 0 Å². The lowest BCUT2D eigenvalue weighted by Gasteiger charge is -2.13. The lowest BCUT2D eigenvalue weighted by molar-refractivity contribution is 0.819. The van der Waals surface area contributed by atoms with Gasteiger partial charge in [-0.15, -0.1) is 0 Å². The number of nitrogens with two attached hydrogens (primary N) is 1. The van der Waals surface area contributed by atoms with Gasteiger partial charge in [0.1, 0.15) is 0 Å². The molecule has 0 saturated heterocycles. The Balaban J connectivity index is 2.22. The van der Waals surface area contributed by atoms with Crippen molar-refractivity contribution in [3.8, 4) is 11.1 Å². The highest BCUT2D eigenvalue weighted by molar-refractivity contribution is 6.31. The van der Waals surface area contributed by atoms with Crippen LogP contribution in [0.3, 0.4) is 0 Å². The molecule has 0 aliphatic rings. The van der Waals surface area contributed by atoms with Crippen molar-refractivity contribution in [2.24, 2.45) is 5.73 Å². The molecule has 21 heavy (non-hydrogen) atoms. The van der Waals surface area contributed by atoms with Gasteiger partial charge in [0.25, 0.3) is 0 Å². The highest BCUT2D eigenvalue weighted by atomic mass is 35.5. The molecule has 0 amide bonds. The van der Waals surface area contributed by atoms with Gasteiger partial charge in [-0.3, -0.25) is 0 Å². The molecule has 1 unspecified atom stereocenters. The molecule has 0 aliphatic heterocycles. The van der Waals surface area contributed by atoms with Crippen LogP contribution in [0.2, 0.25) is 5.02 Å². The van der Waals surface area contributed by atoms with Crippen LogP contribution in [0.15, 0.2) is 54.6 Å². The maximum Gasteiger partial charge on any atom is 0.0459 e. The predicted octanol–water partition coefficient (Wildman–Crippen LogP) is 5.49. The van der Waals surface area contributed by atoms with E-state index in [0.29, 0.717) is 0 Å². The summed E-state index contributed by atoms with van der Waals surface area (Å²) in [6.45, 7) is 4.08. The maximum atomic E-state index is 6.38. The summed E-state index contributed by atoms with van der Waals surface area (Å²) in [5.41, 5.74) is 10.5. The summed E-state index contributed by atoms with van der Waals surface area (Å²) in [5.74, 6) is 0. The SMILES string of the molecule is Cc1ccc(-c2ccc(C(C)N)c(Cl)c2)c2ccccc12. The molecule has 0 aromatic heterocycles. The van der Waals surface area contributed by atoms with Crippen LogP contribution in [0.25, 0.3) is 21.9 Å². The van der Waals surface area contributed by atoms with Crippen molar-refractivity contribution in [2.75, 3.05) is 0 Å². The summed E-state index contributed by atoms with van der Waals surface area (Å²) < 4.78 is 0. The smallest absolute Gasteiger partial charge is 0.0459 e. The second-order valence-corrected chi connectivity index (χ2v) is 5.91. The van der Waals surface area contributed by atoms with E-state index in [4.69, 9.17) is 17.3 Å². The Hall–Kier alpha value is -1.83. The van der Waals surface area contributed by atoms with E-state index in [9.17, 15) is 0 Å². The first-order valence-electron chi connectivity index (χ1n) is 7.11. The molecular formula is C19H18ClN. The minimum absolute atomic E-state index is 0.0543. The van der Waals surface area contributed by atoms with Crippen LogP contribution in [-0.2, 0) is 0 Å². The highest BCUT2D eigenvalue weighted by Crippen LogP contribution is 2.33. The third kappa shape index (κ3) is 2.55. The van der Waals surface area contributed by atoms with E-state index < -0.39 is 0 Å². The Morgan fingerprint density at radius 3 is 2.33 bits per heavy atom. The molecule has 0 fully saturated rings. The molecule has 3 aromatic rings. The van der Waals surface area contributed by atoms with Gasteiger partial charge in [0.15, 0.2) is 0 Å².